The highest BCUT2D eigenvalue weighted by Crippen LogP contribution is 2.24. The molecule has 1 atom stereocenters. The largest absolute Gasteiger partial charge is 0.368 e. The Morgan fingerprint density at radius 3 is 2.35 bits per heavy atom. The summed E-state index contributed by atoms with van der Waals surface area (Å²) in [5.41, 5.74) is -0.312. The third-order valence-electron chi connectivity index (χ3n) is 3.92. The lowest BCUT2D eigenvalue weighted by Crippen LogP contribution is -2.55. The number of carbonyl (C=O) groups excluding carboxylic acids is 1. The van der Waals surface area contributed by atoms with Crippen LogP contribution in [0.15, 0.2) is 0 Å². The average molecular weight is 307 g/mol. The van der Waals surface area contributed by atoms with Gasteiger partial charge < -0.3 is 15.4 Å². The highest BCUT2D eigenvalue weighted by Gasteiger charge is 2.40. The highest BCUT2D eigenvalue weighted by atomic mass is 35.5. The normalized spacial score (nSPS) is 19.9. The van der Waals surface area contributed by atoms with Crippen LogP contribution in [0.2, 0.25) is 0 Å². The fourth-order valence-corrected chi connectivity index (χ4v) is 2.43. The second kappa shape index (κ2) is 8.20. The van der Waals surface area contributed by atoms with Crippen LogP contribution < -0.4 is 10.6 Å². The molecule has 1 heterocycles. The Morgan fingerprint density at radius 1 is 1.35 bits per heavy atom. The van der Waals surface area contributed by atoms with Crippen LogP contribution in [-0.2, 0) is 9.53 Å². The van der Waals surface area contributed by atoms with E-state index in [1.54, 1.807) is 7.11 Å². The van der Waals surface area contributed by atoms with Gasteiger partial charge in [-0.25, -0.2) is 0 Å². The summed E-state index contributed by atoms with van der Waals surface area (Å²) >= 11 is 0. The zero-order valence-corrected chi connectivity index (χ0v) is 14.4. The molecule has 1 rings (SSSR count). The van der Waals surface area contributed by atoms with E-state index in [-0.39, 0.29) is 24.4 Å². The number of piperidine rings is 1. The van der Waals surface area contributed by atoms with E-state index >= 15 is 0 Å². The molecule has 1 aliphatic rings. The Labute approximate surface area is 129 Å². The van der Waals surface area contributed by atoms with Gasteiger partial charge in [0.15, 0.2) is 0 Å². The molecule has 0 aromatic heterocycles. The second-order valence-corrected chi connectivity index (χ2v) is 6.92. The fraction of sp³-hybridized carbons (Fsp3) is 0.933. The molecule has 0 aromatic rings. The fourth-order valence-electron chi connectivity index (χ4n) is 2.43. The van der Waals surface area contributed by atoms with Crippen LogP contribution in [0.1, 0.15) is 53.4 Å². The van der Waals surface area contributed by atoms with Crippen molar-refractivity contribution in [3.8, 4) is 0 Å². The Kier molecular flexibility index (Phi) is 8.07. The monoisotopic (exact) mass is 306 g/mol. The third kappa shape index (κ3) is 5.98. The maximum Gasteiger partial charge on any atom is 0.252 e. The summed E-state index contributed by atoms with van der Waals surface area (Å²) in [6.07, 6.45) is 3.62. The van der Waals surface area contributed by atoms with Crippen molar-refractivity contribution >= 4 is 18.3 Å². The Balaban J connectivity index is 0.00000361. The van der Waals surface area contributed by atoms with Crippen molar-refractivity contribution in [1.29, 1.82) is 0 Å². The first-order chi connectivity index (χ1) is 8.79. The van der Waals surface area contributed by atoms with Gasteiger partial charge in [-0.2, -0.15) is 0 Å². The number of nitrogens with one attached hydrogen (secondary N) is 2. The van der Waals surface area contributed by atoms with Crippen molar-refractivity contribution < 1.29 is 9.53 Å². The van der Waals surface area contributed by atoms with Gasteiger partial charge in [0.05, 0.1) is 0 Å². The van der Waals surface area contributed by atoms with Crippen LogP contribution in [0.25, 0.3) is 0 Å². The summed E-state index contributed by atoms with van der Waals surface area (Å²) in [6.45, 7) is 10.4. The predicted molar refractivity (Wildman–Crippen MR) is 85.4 cm³/mol. The zero-order valence-electron chi connectivity index (χ0n) is 13.5. The molecule has 0 spiro atoms. The van der Waals surface area contributed by atoms with Crippen molar-refractivity contribution in [3.05, 3.63) is 0 Å². The number of halogens is 1. The van der Waals surface area contributed by atoms with E-state index in [9.17, 15) is 4.79 Å². The van der Waals surface area contributed by atoms with Crippen LogP contribution in [0.3, 0.4) is 0 Å². The Morgan fingerprint density at radius 2 is 1.90 bits per heavy atom. The van der Waals surface area contributed by atoms with Crippen LogP contribution in [0.4, 0.5) is 0 Å². The molecule has 0 radical (unpaired) electrons. The van der Waals surface area contributed by atoms with E-state index < -0.39 is 5.60 Å². The van der Waals surface area contributed by atoms with E-state index in [0.717, 1.165) is 38.8 Å². The number of hydrogen-bond donors (Lipinski definition) is 2. The van der Waals surface area contributed by atoms with Gasteiger partial charge in [0, 0.05) is 13.2 Å². The highest BCUT2D eigenvalue weighted by molar-refractivity contribution is 5.85. The molecule has 0 aliphatic carbocycles. The summed E-state index contributed by atoms with van der Waals surface area (Å²) in [4.78, 5) is 12.4. The summed E-state index contributed by atoms with van der Waals surface area (Å²) < 4.78 is 5.53. The van der Waals surface area contributed by atoms with Crippen LogP contribution >= 0.6 is 12.4 Å². The molecule has 5 heteroatoms. The van der Waals surface area contributed by atoms with E-state index in [4.69, 9.17) is 4.74 Å². The van der Waals surface area contributed by atoms with E-state index in [0.29, 0.717) is 5.41 Å². The minimum absolute atomic E-state index is 0. The van der Waals surface area contributed by atoms with Crippen molar-refractivity contribution in [2.75, 3.05) is 20.2 Å². The van der Waals surface area contributed by atoms with E-state index in [2.05, 4.69) is 38.3 Å². The molecule has 4 nitrogen and oxygen atoms in total. The number of rotatable bonds is 5. The number of amides is 1. The Bertz CT molecular complexity index is 297. The first-order valence-corrected chi connectivity index (χ1v) is 7.36. The molecule has 0 saturated carbocycles. The molecule has 0 aromatic carbocycles. The molecule has 1 fully saturated rings. The molecule has 1 unspecified atom stereocenters. The average Bonchev–Trinajstić information content (AvgIpc) is 2.36. The minimum Gasteiger partial charge on any atom is -0.368 e. The lowest BCUT2D eigenvalue weighted by atomic mass is 9.88. The van der Waals surface area contributed by atoms with E-state index in [1.165, 1.54) is 0 Å². The van der Waals surface area contributed by atoms with Gasteiger partial charge in [0.1, 0.15) is 5.60 Å². The van der Waals surface area contributed by atoms with Gasteiger partial charge >= 0.3 is 0 Å². The molecule has 1 saturated heterocycles. The topological polar surface area (TPSA) is 50.4 Å². The maximum atomic E-state index is 12.4. The number of carbonyl (C=O) groups is 1. The van der Waals surface area contributed by atoms with Crippen molar-refractivity contribution in [1.82, 2.24) is 10.6 Å². The van der Waals surface area contributed by atoms with Gasteiger partial charge in [-0.3, -0.25) is 4.79 Å². The molecule has 1 amide bonds. The lowest BCUT2D eigenvalue weighted by Gasteiger charge is -2.36. The lowest BCUT2D eigenvalue weighted by molar-refractivity contribution is -0.147. The smallest absolute Gasteiger partial charge is 0.252 e. The Hall–Kier alpha value is -0.320. The zero-order chi connectivity index (χ0) is 14.5. The molecule has 20 heavy (non-hydrogen) atoms. The van der Waals surface area contributed by atoms with Gasteiger partial charge in [0.25, 0.3) is 5.91 Å². The molecule has 1 aliphatic heterocycles. The molecule has 120 valence electrons. The second-order valence-electron chi connectivity index (χ2n) is 6.92. The summed E-state index contributed by atoms with van der Waals surface area (Å²) in [5, 5.41) is 6.39. The van der Waals surface area contributed by atoms with Crippen LogP contribution in [0, 0.1) is 5.41 Å². The summed E-state index contributed by atoms with van der Waals surface area (Å²) in [6, 6.07) is 0.202. The van der Waals surface area contributed by atoms with Gasteiger partial charge in [-0.1, -0.05) is 20.8 Å². The molecular formula is C15H31ClN2O2. The molecule has 2 N–H and O–H groups in total. The number of ether oxygens (including phenoxy) is 1. The van der Waals surface area contributed by atoms with E-state index in [1.807, 2.05) is 0 Å². The minimum atomic E-state index is -0.624. The standard InChI is InChI=1S/C15H30N2O2.ClH/c1-12(6-7-14(2,3)4)17-13(18)15(19-5)8-10-16-11-9-15;/h12,16H,6-11H2,1-5H3,(H,17,18);1H. The number of methoxy groups -OCH3 is 1. The maximum absolute atomic E-state index is 12.4. The molecule has 0 bridgehead atoms. The quantitative estimate of drug-likeness (QED) is 0.820. The van der Waals surface area contributed by atoms with Gasteiger partial charge in [-0.15, -0.1) is 12.4 Å². The molecular weight excluding hydrogens is 276 g/mol. The van der Waals surface area contributed by atoms with Crippen molar-refractivity contribution in [3.63, 3.8) is 0 Å². The van der Waals surface area contributed by atoms with Crippen LogP contribution in [0.5, 0.6) is 0 Å². The van der Waals surface area contributed by atoms with Gasteiger partial charge in [0.2, 0.25) is 0 Å². The SMILES string of the molecule is COC1(C(=O)NC(C)CCC(C)(C)C)CCNCC1.Cl. The predicted octanol–water partition coefficient (Wildman–Crippen LogP) is 2.51. The van der Waals surface area contributed by atoms with Gasteiger partial charge in [-0.05, 0) is 51.1 Å². The third-order valence-corrected chi connectivity index (χ3v) is 3.92. The first-order valence-electron chi connectivity index (χ1n) is 7.36. The van der Waals surface area contributed by atoms with Crippen molar-refractivity contribution in [2.45, 2.75) is 65.0 Å². The van der Waals surface area contributed by atoms with Crippen molar-refractivity contribution in [2.24, 2.45) is 5.41 Å². The number of hydrogen-bond acceptors (Lipinski definition) is 3. The summed E-state index contributed by atoms with van der Waals surface area (Å²) in [7, 11) is 1.64. The van der Waals surface area contributed by atoms with Crippen LogP contribution in [-0.4, -0.2) is 37.7 Å². The first kappa shape index (κ1) is 19.7. The summed E-state index contributed by atoms with van der Waals surface area (Å²) in [5.74, 6) is 0.0536.